The van der Waals surface area contributed by atoms with Crippen LogP contribution in [0.25, 0.3) is 0 Å². The Morgan fingerprint density at radius 2 is 1.63 bits per heavy atom. The molecule has 0 aromatic heterocycles. The van der Waals surface area contributed by atoms with Crippen molar-refractivity contribution >= 4 is 27.5 Å². The summed E-state index contributed by atoms with van der Waals surface area (Å²) in [5.74, 6) is 0.829. The van der Waals surface area contributed by atoms with Crippen LogP contribution in [-0.4, -0.2) is 57.9 Å². The first-order valence-corrected chi connectivity index (χ1v) is 12.7. The van der Waals surface area contributed by atoms with Gasteiger partial charge in [-0.05, 0) is 54.1 Å². The van der Waals surface area contributed by atoms with E-state index >= 15 is 0 Å². The quantitative estimate of drug-likeness (QED) is 0.544. The summed E-state index contributed by atoms with van der Waals surface area (Å²) in [6, 6.07) is 21.3. The van der Waals surface area contributed by atoms with Crippen LogP contribution in [0, 0.1) is 0 Å². The number of anilines is 1. The summed E-state index contributed by atoms with van der Waals surface area (Å²) in [6.07, 6.45) is 0. The van der Waals surface area contributed by atoms with Crippen LogP contribution in [0.4, 0.5) is 5.69 Å². The summed E-state index contributed by atoms with van der Waals surface area (Å²) in [5, 5.41) is 0. The lowest BCUT2D eigenvalue weighted by Crippen LogP contribution is -2.40. The molecule has 0 unspecified atom stereocenters. The van der Waals surface area contributed by atoms with E-state index < -0.39 is 10.0 Å². The van der Waals surface area contributed by atoms with E-state index in [2.05, 4.69) is 4.99 Å². The minimum atomic E-state index is -3.59. The second-order valence-corrected chi connectivity index (χ2v) is 10.2. The zero-order chi connectivity index (χ0) is 24.4. The molecule has 0 atom stereocenters. The maximum Gasteiger partial charge on any atom is 0.278 e. The summed E-state index contributed by atoms with van der Waals surface area (Å²) in [5.41, 5.74) is 3.12. The number of rotatable bonds is 5. The van der Waals surface area contributed by atoms with Gasteiger partial charge in [-0.2, -0.15) is 9.30 Å². The SMILES string of the molecule is COc1ccc(C(=O)N=C2c3ccccc3CN2c2ccc(S(=O)(=O)N3CCOCC3)cc2)cc1. The highest BCUT2D eigenvalue weighted by Gasteiger charge is 2.29. The summed E-state index contributed by atoms with van der Waals surface area (Å²) < 4.78 is 37.9. The Labute approximate surface area is 204 Å². The number of ether oxygens (including phenoxy) is 2. The van der Waals surface area contributed by atoms with Crippen LogP contribution in [0.15, 0.2) is 82.7 Å². The van der Waals surface area contributed by atoms with E-state index in [1.54, 1.807) is 55.6 Å². The number of sulfonamides is 1. The number of carbonyl (C=O) groups excluding carboxylic acids is 1. The van der Waals surface area contributed by atoms with Gasteiger partial charge in [0, 0.05) is 29.9 Å². The Balaban J connectivity index is 1.46. The molecule has 35 heavy (non-hydrogen) atoms. The van der Waals surface area contributed by atoms with Gasteiger partial charge < -0.3 is 14.4 Å². The number of fused-ring (bicyclic) bond motifs is 1. The molecule has 9 heteroatoms. The van der Waals surface area contributed by atoms with E-state index in [0.29, 0.717) is 50.0 Å². The Hall–Kier alpha value is -3.53. The van der Waals surface area contributed by atoms with E-state index in [9.17, 15) is 13.2 Å². The molecule has 0 radical (unpaired) electrons. The molecule has 2 heterocycles. The highest BCUT2D eigenvalue weighted by molar-refractivity contribution is 7.89. The summed E-state index contributed by atoms with van der Waals surface area (Å²) >= 11 is 0. The van der Waals surface area contributed by atoms with Gasteiger partial charge in [0.25, 0.3) is 5.91 Å². The van der Waals surface area contributed by atoms with Crippen molar-refractivity contribution in [2.45, 2.75) is 11.4 Å². The Bertz CT molecular complexity index is 1360. The van der Waals surface area contributed by atoms with Gasteiger partial charge in [-0.3, -0.25) is 4.79 Å². The van der Waals surface area contributed by atoms with Gasteiger partial charge in [0.05, 0.1) is 31.8 Å². The number of hydrogen-bond acceptors (Lipinski definition) is 5. The third-order valence-corrected chi connectivity index (χ3v) is 8.06. The molecule has 0 aliphatic carbocycles. The zero-order valence-electron chi connectivity index (χ0n) is 19.3. The van der Waals surface area contributed by atoms with Crippen molar-refractivity contribution in [1.29, 1.82) is 0 Å². The lowest BCUT2D eigenvalue weighted by atomic mass is 10.1. The van der Waals surface area contributed by atoms with Crippen LogP contribution in [-0.2, 0) is 21.3 Å². The summed E-state index contributed by atoms with van der Waals surface area (Å²) in [7, 11) is -2.02. The number of hydrogen-bond donors (Lipinski definition) is 0. The number of carbonyl (C=O) groups is 1. The fourth-order valence-electron chi connectivity index (χ4n) is 4.23. The maximum atomic E-state index is 13.0. The van der Waals surface area contributed by atoms with Crippen LogP contribution in [0.5, 0.6) is 5.75 Å². The lowest BCUT2D eigenvalue weighted by molar-refractivity contribution is 0.0730. The van der Waals surface area contributed by atoms with Crippen molar-refractivity contribution in [3.63, 3.8) is 0 Å². The van der Waals surface area contributed by atoms with Crippen molar-refractivity contribution in [3.05, 3.63) is 89.5 Å². The minimum absolute atomic E-state index is 0.229. The van der Waals surface area contributed by atoms with Gasteiger partial charge in [0.1, 0.15) is 11.6 Å². The average Bonchev–Trinajstić information content (AvgIpc) is 3.27. The number of methoxy groups -OCH3 is 1. The van der Waals surface area contributed by atoms with E-state index in [1.807, 2.05) is 29.2 Å². The molecule has 0 saturated carbocycles. The molecule has 5 rings (SSSR count). The van der Waals surface area contributed by atoms with Crippen molar-refractivity contribution < 1.29 is 22.7 Å². The molecule has 2 aliphatic heterocycles. The van der Waals surface area contributed by atoms with Crippen LogP contribution < -0.4 is 9.64 Å². The van der Waals surface area contributed by atoms with Crippen LogP contribution in [0.2, 0.25) is 0 Å². The number of aliphatic imine (C=N–C) groups is 1. The Kier molecular flexibility index (Phi) is 6.38. The van der Waals surface area contributed by atoms with Crippen LogP contribution >= 0.6 is 0 Å². The van der Waals surface area contributed by atoms with Gasteiger partial charge in [-0.25, -0.2) is 8.42 Å². The van der Waals surface area contributed by atoms with E-state index in [4.69, 9.17) is 9.47 Å². The van der Waals surface area contributed by atoms with Crippen molar-refractivity contribution in [2.24, 2.45) is 4.99 Å². The third kappa shape index (κ3) is 4.58. The highest BCUT2D eigenvalue weighted by Crippen LogP contribution is 2.30. The second-order valence-electron chi connectivity index (χ2n) is 8.22. The van der Waals surface area contributed by atoms with Gasteiger partial charge in [-0.1, -0.05) is 24.3 Å². The molecule has 1 amide bonds. The Morgan fingerprint density at radius 3 is 2.31 bits per heavy atom. The molecule has 2 aliphatic rings. The predicted molar refractivity (Wildman–Crippen MR) is 133 cm³/mol. The molecule has 8 nitrogen and oxygen atoms in total. The number of nitrogens with zero attached hydrogens (tertiary/aromatic N) is 3. The average molecular weight is 492 g/mol. The van der Waals surface area contributed by atoms with Crippen LogP contribution in [0.3, 0.4) is 0 Å². The fraction of sp³-hybridized carbons (Fsp3) is 0.231. The van der Waals surface area contributed by atoms with E-state index in [-0.39, 0.29) is 10.8 Å². The fourth-order valence-corrected chi connectivity index (χ4v) is 5.64. The highest BCUT2D eigenvalue weighted by atomic mass is 32.2. The van der Waals surface area contributed by atoms with Crippen molar-refractivity contribution in [3.8, 4) is 5.75 Å². The molecule has 0 bridgehead atoms. The van der Waals surface area contributed by atoms with Crippen LogP contribution in [0.1, 0.15) is 21.5 Å². The largest absolute Gasteiger partial charge is 0.497 e. The Morgan fingerprint density at radius 1 is 0.943 bits per heavy atom. The molecule has 3 aromatic rings. The molecule has 0 N–H and O–H groups in total. The maximum absolute atomic E-state index is 13.0. The minimum Gasteiger partial charge on any atom is -0.497 e. The van der Waals surface area contributed by atoms with E-state index in [0.717, 1.165) is 16.8 Å². The number of amides is 1. The number of benzene rings is 3. The van der Waals surface area contributed by atoms with Gasteiger partial charge in [0.15, 0.2) is 0 Å². The van der Waals surface area contributed by atoms with Crippen molar-refractivity contribution in [1.82, 2.24) is 4.31 Å². The molecular weight excluding hydrogens is 466 g/mol. The van der Waals surface area contributed by atoms with Gasteiger partial charge in [0.2, 0.25) is 10.0 Å². The second kappa shape index (κ2) is 9.61. The smallest absolute Gasteiger partial charge is 0.278 e. The third-order valence-electron chi connectivity index (χ3n) is 6.14. The molecular formula is C26H25N3O5S. The lowest BCUT2D eigenvalue weighted by Gasteiger charge is -2.26. The standard InChI is InChI=1S/C26H25N3O5S/c1-33-22-10-6-19(7-11-22)26(30)27-25-24-5-3-2-4-20(24)18-29(25)21-8-12-23(13-9-21)35(31,32)28-14-16-34-17-15-28/h2-13H,14-18H2,1H3. The zero-order valence-corrected chi connectivity index (χ0v) is 20.1. The normalized spacial score (nSPS) is 17.4. The number of amidine groups is 1. The monoisotopic (exact) mass is 491 g/mol. The molecule has 3 aromatic carbocycles. The molecule has 1 saturated heterocycles. The van der Waals surface area contributed by atoms with Gasteiger partial charge in [-0.15, -0.1) is 0 Å². The molecule has 180 valence electrons. The first-order chi connectivity index (χ1) is 17.0. The summed E-state index contributed by atoms with van der Waals surface area (Å²) in [6.45, 7) is 2.00. The molecule has 1 fully saturated rings. The summed E-state index contributed by atoms with van der Waals surface area (Å²) in [4.78, 5) is 19.6. The van der Waals surface area contributed by atoms with E-state index in [1.165, 1.54) is 4.31 Å². The molecule has 0 spiro atoms. The predicted octanol–water partition coefficient (Wildman–Crippen LogP) is 3.32. The number of morpholine rings is 1. The van der Waals surface area contributed by atoms with Gasteiger partial charge >= 0.3 is 0 Å². The first kappa shape index (κ1) is 23.2. The van der Waals surface area contributed by atoms with Crippen molar-refractivity contribution in [2.75, 3.05) is 38.3 Å². The first-order valence-electron chi connectivity index (χ1n) is 11.3. The topological polar surface area (TPSA) is 88.5 Å².